The Balaban J connectivity index is 1.31. The lowest BCUT2D eigenvalue weighted by molar-refractivity contribution is -0.133. The van der Waals surface area contributed by atoms with Crippen LogP contribution in [0, 0.1) is 11.7 Å². The molecule has 0 bridgehead atoms. The number of fused-ring (bicyclic) bond motifs is 1. The Morgan fingerprint density at radius 1 is 1.10 bits per heavy atom. The number of benzene rings is 2. The number of hydrogen-bond donors (Lipinski definition) is 1. The molecule has 7 heteroatoms. The third-order valence-corrected chi connectivity index (χ3v) is 7.23. The molecule has 0 spiro atoms. The summed E-state index contributed by atoms with van der Waals surface area (Å²) in [5.41, 5.74) is 4.89. The molecule has 1 amide bonds. The number of amides is 1. The fourth-order valence-electron chi connectivity index (χ4n) is 4.83. The van der Waals surface area contributed by atoms with Crippen LogP contribution in [0.1, 0.15) is 29.7 Å². The van der Waals surface area contributed by atoms with E-state index in [1.807, 2.05) is 23.2 Å². The molecule has 2 heterocycles. The number of rotatable bonds is 4. The second kappa shape index (κ2) is 8.29. The average Bonchev–Trinajstić information content (AvgIpc) is 3.37. The molecule has 0 saturated carbocycles. The van der Waals surface area contributed by atoms with Gasteiger partial charge in [-0.1, -0.05) is 35.3 Å². The Labute approximate surface area is 190 Å². The van der Waals surface area contributed by atoms with Crippen molar-refractivity contribution in [2.45, 2.75) is 38.1 Å². The molecule has 1 N–H and O–H groups in total. The lowest BCUT2D eigenvalue weighted by Gasteiger charge is -2.31. The van der Waals surface area contributed by atoms with Gasteiger partial charge in [0, 0.05) is 34.2 Å². The molecule has 1 aliphatic carbocycles. The van der Waals surface area contributed by atoms with E-state index in [0.29, 0.717) is 16.5 Å². The number of aromatic amines is 1. The molecule has 1 aliphatic heterocycles. The largest absolute Gasteiger partial charge is 0.339 e. The maximum absolute atomic E-state index is 13.2. The maximum Gasteiger partial charge on any atom is 0.226 e. The maximum atomic E-state index is 13.2. The van der Waals surface area contributed by atoms with Crippen molar-refractivity contribution in [2.24, 2.45) is 5.92 Å². The highest BCUT2D eigenvalue weighted by atomic mass is 35.5. The van der Waals surface area contributed by atoms with Crippen LogP contribution in [0.25, 0.3) is 11.1 Å². The fourth-order valence-corrected chi connectivity index (χ4v) is 5.47. The fraction of sp³-hybridized carbons (Fsp3) is 0.333. The SMILES string of the molecule is O=C1C(Cc2c(Cl)cc(-c3ccc(F)cc3)cc2Cl)CCN1[C@H]1CCc2[nH]ncc2C1. The number of carbonyl (C=O) groups is 1. The predicted molar refractivity (Wildman–Crippen MR) is 120 cm³/mol. The molecule has 4 nitrogen and oxygen atoms in total. The van der Waals surface area contributed by atoms with Gasteiger partial charge in [-0.05, 0) is 78.6 Å². The first-order valence-electron chi connectivity index (χ1n) is 10.5. The summed E-state index contributed by atoms with van der Waals surface area (Å²) in [6.07, 6.45) is 5.96. The van der Waals surface area contributed by atoms with Gasteiger partial charge in [-0.25, -0.2) is 4.39 Å². The number of nitrogens with one attached hydrogen (secondary N) is 1. The lowest BCUT2D eigenvalue weighted by atomic mass is 9.92. The highest BCUT2D eigenvalue weighted by molar-refractivity contribution is 6.36. The molecule has 2 aromatic carbocycles. The first kappa shape index (κ1) is 20.5. The first-order valence-corrected chi connectivity index (χ1v) is 11.3. The van der Waals surface area contributed by atoms with Crippen LogP contribution in [0.4, 0.5) is 4.39 Å². The van der Waals surface area contributed by atoms with Crippen LogP contribution >= 0.6 is 23.2 Å². The van der Waals surface area contributed by atoms with Gasteiger partial charge in [0.1, 0.15) is 5.82 Å². The Hall–Kier alpha value is -2.37. The zero-order valence-corrected chi connectivity index (χ0v) is 18.4. The van der Waals surface area contributed by atoms with Gasteiger partial charge < -0.3 is 4.90 Å². The van der Waals surface area contributed by atoms with Gasteiger partial charge in [-0.2, -0.15) is 5.10 Å². The Bertz CT molecular complexity index is 1110. The molecule has 2 atom stereocenters. The molecule has 5 rings (SSSR count). The van der Waals surface area contributed by atoms with E-state index in [0.717, 1.165) is 48.9 Å². The van der Waals surface area contributed by atoms with E-state index < -0.39 is 0 Å². The number of carbonyl (C=O) groups excluding carboxylic acids is 1. The monoisotopic (exact) mass is 457 g/mol. The highest BCUT2D eigenvalue weighted by Crippen LogP contribution is 2.36. The Kier molecular flexibility index (Phi) is 5.49. The van der Waals surface area contributed by atoms with Crippen LogP contribution in [-0.2, 0) is 24.1 Å². The first-order chi connectivity index (χ1) is 15.0. The van der Waals surface area contributed by atoms with Gasteiger partial charge in [0.15, 0.2) is 0 Å². The second-order valence-corrected chi connectivity index (χ2v) is 9.23. The molecular formula is C24H22Cl2FN3O. The van der Waals surface area contributed by atoms with Crippen molar-refractivity contribution < 1.29 is 9.18 Å². The van der Waals surface area contributed by atoms with E-state index >= 15 is 0 Å². The molecule has 1 unspecified atom stereocenters. The summed E-state index contributed by atoms with van der Waals surface area (Å²) in [5.74, 6) is -0.215. The summed E-state index contributed by atoms with van der Waals surface area (Å²) >= 11 is 13.2. The van der Waals surface area contributed by atoms with Crippen molar-refractivity contribution in [3.8, 4) is 11.1 Å². The number of halogens is 3. The zero-order chi connectivity index (χ0) is 21.5. The van der Waals surface area contributed by atoms with E-state index in [4.69, 9.17) is 23.2 Å². The van der Waals surface area contributed by atoms with E-state index in [1.165, 1.54) is 23.4 Å². The summed E-state index contributed by atoms with van der Waals surface area (Å²) in [5, 5.41) is 8.26. The van der Waals surface area contributed by atoms with Crippen molar-refractivity contribution >= 4 is 29.1 Å². The molecule has 1 saturated heterocycles. The van der Waals surface area contributed by atoms with Crippen LogP contribution in [-0.4, -0.2) is 33.6 Å². The minimum absolute atomic E-state index is 0.114. The molecule has 1 fully saturated rings. The number of aryl methyl sites for hydroxylation is 1. The molecule has 3 aromatic rings. The summed E-state index contributed by atoms with van der Waals surface area (Å²) in [4.78, 5) is 15.2. The number of hydrogen-bond acceptors (Lipinski definition) is 2. The standard InChI is InChI=1S/C24H22Cl2FN3O/c25-21-11-16(14-1-3-18(27)4-2-14)12-22(26)20(21)10-15-7-8-30(24(15)31)19-5-6-23-17(9-19)13-28-29-23/h1-4,11-13,15,19H,5-10H2,(H,28,29)/t15?,19-/m0/s1. The lowest BCUT2D eigenvalue weighted by Crippen LogP contribution is -2.41. The molecule has 2 aliphatic rings. The van der Waals surface area contributed by atoms with Crippen LogP contribution in [0.15, 0.2) is 42.6 Å². The van der Waals surface area contributed by atoms with E-state index in [1.54, 1.807) is 12.1 Å². The molecule has 160 valence electrons. The number of nitrogens with zero attached hydrogens (tertiary/aromatic N) is 2. The predicted octanol–water partition coefficient (Wildman–Crippen LogP) is 5.47. The van der Waals surface area contributed by atoms with Crippen molar-refractivity contribution in [3.63, 3.8) is 0 Å². The van der Waals surface area contributed by atoms with E-state index in [2.05, 4.69) is 10.2 Å². The van der Waals surface area contributed by atoms with Gasteiger partial charge >= 0.3 is 0 Å². The number of H-pyrrole nitrogens is 1. The van der Waals surface area contributed by atoms with Gasteiger partial charge in [-0.15, -0.1) is 0 Å². The summed E-state index contributed by atoms with van der Waals surface area (Å²) < 4.78 is 13.2. The van der Waals surface area contributed by atoms with Gasteiger partial charge in [-0.3, -0.25) is 9.89 Å². The van der Waals surface area contributed by atoms with Crippen molar-refractivity contribution in [1.29, 1.82) is 0 Å². The topological polar surface area (TPSA) is 49.0 Å². The quantitative estimate of drug-likeness (QED) is 0.564. The smallest absolute Gasteiger partial charge is 0.226 e. The van der Waals surface area contributed by atoms with Crippen molar-refractivity contribution in [2.75, 3.05) is 6.54 Å². The third-order valence-electron chi connectivity index (χ3n) is 6.55. The molecule has 0 radical (unpaired) electrons. The number of likely N-dealkylation sites (tertiary alicyclic amines) is 1. The van der Waals surface area contributed by atoms with Gasteiger partial charge in [0.25, 0.3) is 0 Å². The van der Waals surface area contributed by atoms with Crippen molar-refractivity contribution in [1.82, 2.24) is 15.1 Å². The average molecular weight is 458 g/mol. The molecule has 1 aromatic heterocycles. The highest BCUT2D eigenvalue weighted by Gasteiger charge is 2.37. The summed E-state index contributed by atoms with van der Waals surface area (Å²) in [7, 11) is 0. The minimum atomic E-state index is -0.288. The Morgan fingerprint density at radius 2 is 1.84 bits per heavy atom. The van der Waals surface area contributed by atoms with Crippen LogP contribution in [0.2, 0.25) is 10.0 Å². The van der Waals surface area contributed by atoms with E-state index in [9.17, 15) is 9.18 Å². The Morgan fingerprint density at radius 3 is 2.58 bits per heavy atom. The zero-order valence-electron chi connectivity index (χ0n) is 16.9. The molecular weight excluding hydrogens is 436 g/mol. The normalized spacial score (nSPS) is 20.9. The summed E-state index contributed by atoms with van der Waals surface area (Å²) in [6, 6.07) is 10.1. The van der Waals surface area contributed by atoms with Crippen LogP contribution in [0.5, 0.6) is 0 Å². The summed E-state index contributed by atoms with van der Waals surface area (Å²) in [6.45, 7) is 0.768. The van der Waals surface area contributed by atoms with Crippen LogP contribution < -0.4 is 0 Å². The molecule has 31 heavy (non-hydrogen) atoms. The second-order valence-electron chi connectivity index (χ2n) is 8.42. The number of aromatic nitrogens is 2. The van der Waals surface area contributed by atoms with Gasteiger partial charge in [0.05, 0.1) is 6.20 Å². The van der Waals surface area contributed by atoms with E-state index in [-0.39, 0.29) is 23.7 Å². The van der Waals surface area contributed by atoms with Crippen molar-refractivity contribution in [3.05, 3.63) is 75.3 Å². The van der Waals surface area contributed by atoms with Gasteiger partial charge in [0.2, 0.25) is 5.91 Å². The minimum Gasteiger partial charge on any atom is -0.339 e. The van der Waals surface area contributed by atoms with Crippen LogP contribution in [0.3, 0.4) is 0 Å². The third kappa shape index (κ3) is 3.97.